The third-order valence-electron chi connectivity index (χ3n) is 3.40. The Hall–Kier alpha value is -2.12. The highest BCUT2D eigenvalue weighted by Crippen LogP contribution is 2.29. The number of fused-ring (bicyclic) bond motifs is 1. The Kier molecular flexibility index (Phi) is 3.99. The van der Waals surface area contributed by atoms with Crippen LogP contribution in [0.3, 0.4) is 0 Å². The predicted octanol–water partition coefficient (Wildman–Crippen LogP) is 3.65. The number of hydrogen-bond donors (Lipinski definition) is 1. The normalized spacial score (nSPS) is 11.8. The van der Waals surface area contributed by atoms with Crippen molar-refractivity contribution in [2.45, 2.75) is 18.4 Å². The number of aromatic nitrogens is 2. The van der Waals surface area contributed by atoms with Crippen LogP contribution in [0.2, 0.25) is 5.02 Å². The summed E-state index contributed by atoms with van der Waals surface area (Å²) in [6.45, 7) is 2.48. The largest absolute Gasteiger partial charge is 0.331 e. The SMILES string of the molecule is CCn1cc(S(=O)(=O)Nc2ccc(F)cc2Cl)c2cccnc21. The van der Waals surface area contributed by atoms with Crippen LogP contribution in [0.15, 0.2) is 47.6 Å². The molecule has 0 aliphatic carbocycles. The average molecular weight is 354 g/mol. The second kappa shape index (κ2) is 5.82. The zero-order valence-corrected chi connectivity index (χ0v) is 13.7. The van der Waals surface area contributed by atoms with Gasteiger partial charge in [-0.3, -0.25) is 4.72 Å². The molecule has 8 heteroatoms. The number of hydrogen-bond acceptors (Lipinski definition) is 3. The van der Waals surface area contributed by atoms with Gasteiger partial charge in [-0.05, 0) is 37.3 Å². The summed E-state index contributed by atoms with van der Waals surface area (Å²) in [6.07, 6.45) is 3.13. The first-order valence-electron chi connectivity index (χ1n) is 6.84. The molecule has 0 fully saturated rings. The van der Waals surface area contributed by atoms with Gasteiger partial charge in [0, 0.05) is 24.3 Å². The molecule has 0 radical (unpaired) electrons. The van der Waals surface area contributed by atoms with Gasteiger partial charge in [0.05, 0.1) is 10.7 Å². The van der Waals surface area contributed by atoms with Gasteiger partial charge < -0.3 is 4.57 Å². The van der Waals surface area contributed by atoms with E-state index < -0.39 is 15.8 Å². The minimum Gasteiger partial charge on any atom is -0.331 e. The first-order chi connectivity index (χ1) is 10.9. The quantitative estimate of drug-likeness (QED) is 0.778. The molecule has 0 saturated carbocycles. The van der Waals surface area contributed by atoms with Crippen LogP contribution in [0.1, 0.15) is 6.92 Å². The summed E-state index contributed by atoms with van der Waals surface area (Å²) in [7, 11) is -3.88. The molecule has 3 rings (SSSR count). The van der Waals surface area contributed by atoms with Gasteiger partial charge in [0.15, 0.2) is 0 Å². The fraction of sp³-hybridized carbons (Fsp3) is 0.133. The fourth-order valence-corrected chi connectivity index (χ4v) is 3.88. The Morgan fingerprint density at radius 3 is 2.83 bits per heavy atom. The Labute approximate surface area is 137 Å². The van der Waals surface area contributed by atoms with Crippen molar-refractivity contribution in [1.82, 2.24) is 9.55 Å². The molecular formula is C15H13ClFN3O2S. The number of anilines is 1. The number of pyridine rings is 1. The Balaban J connectivity index is 2.10. The van der Waals surface area contributed by atoms with Gasteiger partial charge in [0.2, 0.25) is 0 Å². The van der Waals surface area contributed by atoms with E-state index in [9.17, 15) is 12.8 Å². The van der Waals surface area contributed by atoms with Crippen molar-refractivity contribution in [2.75, 3.05) is 4.72 Å². The number of nitrogens with one attached hydrogen (secondary N) is 1. The van der Waals surface area contributed by atoms with Crippen molar-refractivity contribution in [2.24, 2.45) is 0 Å². The van der Waals surface area contributed by atoms with E-state index in [4.69, 9.17) is 11.6 Å². The lowest BCUT2D eigenvalue weighted by Gasteiger charge is -2.08. The maximum absolute atomic E-state index is 13.1. The molecule has 1 aromatic carbocycles. The highest BCUT2D eigenvalue weighted by atomic mass is 35.5. The van der Waals surface area contributed by atoms with Gasteiger partial charge in [-0.15, -0.1) is 0 Å². The summed E-state index contributed by atoms with van der Waals surface area (Å²) >= 11 is 5.89. The number of aryl methyl sites for hydroxylation is 1. The smallest absolute Gasteiger partial charge is 0.264 e. The van der Waals surface area contributed by atoms with Gasteiger partial charge in [0.1, 0.15) is 16.4 Å². The van der Waals surface area contributed by atoms with E-state index in [0.29, 0.717) is 17.6 Å². The van der Waals surface area contributed by atoms with Gasteiger partial charge in [0.25, 0.3) is 10.0 Å². The number of benzene rings is 1. The van der Waals surface area contributed by atoms with E-state index >= 15 is 0 Å². The van der Waals surface area contributed by atoms with E-state index in [1.165, 1.54) is 12.3 Å². The zero-order chi connectivity index (χ0) is 16.6. The first-order valence-corrected chi connectivity index (χ1v) is 8.70. The summed E-state index contributed by atoms with van der Waals surface area (Å²) in [6, 6.07) is 6.84. The first kappa shape index (κ1) is 15.8. The molecule has 0 unspecified atom stereocenters. The van der Waals surface area contributed by atoms with Crippen LogP contribution in [0, 0.1) is 5.82 Å². The van der Waals surface area contributed by atoms with Gasteiger partial charge in [-0.2, -0.15) is 0 Å². The summed E-state index contributed by atoms with van der Waals surface area (Å²) in [5.74, 6) is -0.537. The van der Waals surface area contributed by atoms with Crippen molar-refractivity contribution < 1.29 is 12.8 Å². The molecule has 0 bridgehead atoms. The molecule has 2 aromatic heterocycles. The average Bonchev–Trinajstić information content (AvgIpc) is 2.90. The Morgan fingerprint density at radius 1 is 1.35 bits per heavy atom. The molecule has 0 aliphatic rings. The molecule has 5 nitrogen and oxygen atoms in total. The van der Waals surface area contributed by atoms with Crippen molar-refractivity contribution in [1.29, 1.82) is 0 Å². The molecule has 0 amide bonds. The number of halogens is 2. The molecule has 3 aromatic rings. The summed E-state index contributed by atoms with van der Waals surface area (Å²) in [5, 5.41) is 0.506. The monoisotopic (exact) mass is 353 g/mol. The van der Waals surface area contributed by atoms with Gasteiger partial charge >= 0.3 is 0 Å². The maximum atomic E-state index is 13.1. The lowest BCUT2D eigenvalue weighted by Crippen LogP contribution is -2.13. The van der Waals surface area contributed by atoms with Crippen molar-refractivity contribution >= 4 is 38.3 Å². The predicted molar refractivity (Wildman–Crippen MR) is 87.6 cm³/mol. The minimum absolute atomic E-state index is 0.00840. The van der Waals surface area contributed by atoms with Crippen LogP contribution in [-0.4, -0.2) is 18.0 Å². The molecule has 0 atom stereocenters. The molecule has 1 N–H and O–H groups in total. The second-order valence-corrected chi connectivity index (χ2v) is 6.94. The second-order valence-electron chi connectivity index (χ2n) is 4.88. The lowest BCUT2D eigenvalue weighted by atomic mass is 10.3. The third-order valence-corrected chi connectivity index (χ3v) is 5.11. The van der Waals surface area contributed by atoms with Crippen LogP contribution in [0.5, 0.6) is 0 Å². The number of rotatable bonds is 4. The Morgan fingerprint density at radius 2 is 2.13 bits per heavy atom. The standard InChI is InChI=1S/C15H13ClFN3O2S/c1-2-20-9-14(11-4-3-7-18-15(11)20)23(21,22)19-13-6-5-10(17)8-12(13)16/h3-9,19H,2H2,1H3. The van der Waals surface area contributed by atoms with Crippen molar-refractivity contribution in [3.8, 4) is 0 Å². The Bertz CT molecular complexity index is 986. The summed E-state index contributed by atoms with van der Waals surface area (Å²) in [5.41, 5.74) is 0.704. The van der Waals surface area contributed by atoms with E-state index in [1.54, 1.807) is 22.9 Å². The molecule has 0 spiro atoms. The van der Waals surface area contributed by atoms with Crippen LogP contribution in [-0.2, 0) is 16.6 Å². The van der Waals surface area contributed by atoms with E-state index in [2.05, 4.69) is 9.71 Å². The lowest BCUT2D eigenvalue weighted by molar-refractivity contribution is 0.601. The minimum atomic E-state index is -3.88. The van der Waals surface area contributed by atoms with Gasteiger partial charge in [-0.1, -0.05) is 11.6 Å². The highest BCUT2D eigenvalue weighted by molar-refractivity contribution is 7.93. The highest BCUT2D eigenvalue weighted by Gasteiger charge is 2.22. The molecule has 120 valence electrons. The zero-order valence-electron chi connectivity index (χ0n) is 12.1. The fourth-order valence-electron chi connectivity index (χ4n) is 2.32. The summed E-state index contributed by atoms with van der Waals surface area (Å²) in [4.78, 5) is 4.32. The molecule has 2 heterocycles. The van der Waals surface area contributed by atoms with Crippen molar-refractivity contribution in [3.63, 3.8) is 0 Å². The van der Waals surface area contributed by atoms with E-state index in [0.717, 1.165) is 12.1 Å². The van der Waals surface area contributed by atoms with Crippen molar-refractivity contribution in [3.05, 3.63) is 53.6 Å². The van der Waals surface area contributed by atoms with Crippen LogP contribution in [0.25, 0.3) is 11.0 Å². The third kappa shape index (κ3) is 2.89. The molecule has 0 aliphatic heterocycles. The van der Waals surface area contributed by atoms with Crippen LogP contribution >= 0.6 is 11.6 Å². The number of nitrogens with zero attached hydrogens (tertiary/aromatic N) is 2. The van der Waals surface area contributed by atoms with Gasteiger partial charge in [-0.25, -0.2) is 17.8 Å². The molecule has 23 heavy (non-hydrogen) atoms. The van der Waals surface area contributed by atoms with Crippen LogP contribution in [0.4, 0.5) is 10.1 Å². The van der Waals surface area contributed by atoms with Crippen LogP contribution < -0.4 is 4.72 Å². The molecular weight excluding hydrogens is 341 g/mol. The number of sulfonamides is 1. The maximum Gasteiger partial charge on any atom is 0.264 e. The van der Waals surface area contributed by atoms with E-state index in [-0.39, 0.29) is 15.6 Å². The summed E-state index contributed by atoms with van der Waals surface area (Å²) < 4.78 is 42.6. The van der Waals surface area contributed by atoms with E-state index in [1.807, 2.05) is 6.92 Å². The molecule has 0 saturated heterocycles. The topological polar surface area (TPSA) is 64.0 Å².